The summed E-state index contributed by atoms with van der Waals surface area (Å²) in [6.07, 6.45) is 6.83. The van der Waals surface area contributed by atoms with Crippen molar-refractivity contribution < 1.29 is 14.7 Å². The first kappa shape index (κ1) is 17.3. The van der Waals surface area contributed by atoms with Crippen molar-refractivity contribution in [3.63, 3.8) is 0 Å². The molecule has 0 aromatic rings. The molecular formula is C15H27NO3S. The molecule has 5 heteroatoms. The summed E-state index contributed by atoms with van der Waals surface area (Å²) in [6, 6.07) is 0.239. The van der Waals surface area contributed by atoms with Gasteiger partial charge in [0.15, 0.2) is 0 Å². The lowest BCUT2D eigenvalue weighted by Crippen LogP contribution is -2.34. The highest BCUT2D eigenvalue weighted by Gasteiger charge is 2.44. The second-order valence-corrected chi connectivity index (χ2v) is 7.01. The molecule has 0 spiro atoms. The van der Waals surface area contributed by atoms with Crippen molar-refractivity contribution in [2.45, 2.75) is 64.8 Å². The Hall–Kier alpha value is -0.710. The Kier molecular flexibility index (Phi) is 7.41. The molecule has 1 amide bonds. The maximum Gasteiger partial charge on any atom is 0.303 e. The van der Waals surface area contributed by atoms with Crippen molar-refractivity contribution in [3.05, 3.63) is 0 Å². The molecule has 1 rings (SSSR count). The standard InChI is InChI=1S/C15H27NO3S/c1-3-4-5-6-12(2)16-13(17)10-20-11-15(7-8-15)9-14(18)19/h12H,3-11H2,1-2H3,(H,16,17)(H,18,19). The molecule has 2 N–H and O–H groups in total. The zero-order valence-electron chi connectivity index (χ0n) is 12.6. The van der Waals surface area contributed by atoms with Crippen LogP contribution in [0.4, 0.5) is 0 Å². The number of carbonyl (C=O) groups excluding carboxylic acids is 1. The number of carboxylic acids is 1. The summed E-state index contributed by atoms with van der Waals surface area (Å²) >= 11 is 1.57. The summed E-state index contributed by atoms with van der Waals surface area (Å²) in [5.74, 6) is 0.582. The van der Waals surface area contributed by atoms with Gasteiger partial charge in [0.25, 0.3) is 0 Å². The molecule has 1 unspecified atom stereocenters. The first-order valence-corrected chi connectivity index (χ1v) is 8.72. The minimum Gasteiger partial charge on any atom is -0.481 e. The average Bonchev–Trinajstić information content (AvgIpc) is 3.08. The summed E-state index contributed by atoms with van der Waals surface area (Å²) in [6.45, 7) is 4.22. The zero-order valence-corrected chi connectivity index (χ0v) is 13.4. The summed E-state index contributed by atoms with van der Waals surface area (Å²) in [5.41, 5.74) is -0.0243. The molecule has 1 aliphatic rings. The monoisotopic (exact) mass is 301 g/mol. The first-order chi connectivity index (χ1) is 9.47. The van der Waals surface area contributed by atoms with E-state index < -0.39 is 5.97 Å². The number of unbranched alkanes of at least 4 members (excludes halogenated alkanes) is 2. The van der Waals surface area contributed by atoms with Crippen molar-refractivity contribution >= 4 is 23.6 Å². The van der Waals surface area contributed by atoms with Gasteiger partial charge in [-0.2, -0.15) is 11.8 Å². The van der Waals surface area contributed by atoms with E-state index >= 15 is 0 Å². The van der Waals surface area contributed by atoms with Gasteiger partial charge >= 0.3 is 5.97 Å². The molecule has 1 fully saturated rings. The van der Waals surface area contributed by atoms with Gasteiger partial charge < -0.3 is 10.4 Å². The Bertz CT molecular complexity index is 329. The fourth-order valence-electron chi connectivity index (χ4n) is 2.32. The maximum absolute atomic E-state index is 11.8. The third kappa shape index (κ3) is 7.17. The topological polar surface area (TPSA) is 66.4 Å². The van der Waals surface area contributed by atoms with Crippen LogP contribution in [-0.4, -0.2) is 34.5 Å². The van der Waals surface area contributed by atoms with E-state index in [0.717, 1.165) is 31.4 Å². The van der Waals surface area contributed by atoms with Crippen LogP contribution in [0.15, 0.2) is 0 Å². The Morgan fingerprint density at radius 2 is 2.05 bits per heavy atom. The van der Waals surface area contributed by atoms with E-state index in [1.807, 2.05) is 6.92 Å². The Morgan fingerprint density at radius 3 is 2.60 bits per heavy atom. The highest BCUT2D eigenvalue weighted by atomic mass is 32.2. The average molecular weight is 301 g/mol. The highest BCUT2D eigenvalue weighted by Crippen LogP contribution is 2.50. The number of thioether (sulfide) groups is 1. The number of amides is 1. The number of hydrogen-bond acceptors (Lipinski definition) is 3. The molecule has 0 radical (unpaired) electrons. The van der Waals surface area contributed by atoms with Crippen LogP contribution in [-0.2, 0) is 9.59 Å². The fraction of sp³-hybridized carbons (Fsp3) is 0.867. The maximum atomic E-state index is 11.8. The van der Waals surface area contributed by atoms with E-state index in [1.54, 1.807) is 11.8 Å². The van der Waals surface area contributed by atoms with Crippen LogP contribution in [0, 0.1) is 5.41 Å². The van der Waals surface area contributed by atoms with Crippen molar-refractivity contribution in [2.75, 3.05) is 11.5 Å². The van der Waals surface area contributed by atoms with Gasteiger partial charge in [-0.05, 0) is 37.4 Å². The third-order valence-electron chi connectivity index (χ3n) is 3.77. The van der Waals surface area contributed by atoms with Crippen molar-refractivity contribution in [3.8, 4) is 0 Å². The highest BCUT2D eigenvalue weighted by molar-refractivity contribution is 7.99. The molecule has 20 heavy (non-hydrogen) atoms. The van der Waals surface area contributed by atoms with E-state index in [0.29, 0.717) is 5.75 Å². The lowest BCUT2D eigenvalue weighted by atomic mass is 10.1. The Balaban J connectivity index is 2.09. The van der Waals surface area contributed by atoms with E-state index in [-0.39, 0.29) is 23.8 Å². The molecule has 1 aliphatic carbocycles. The van der Waals surface area contributed by atoms with Crippen LogP contribution in [0.3, 0.4) is 0 Å². The molecule has 1 saturated carbocycles. The first-order valence-electron chi connectivity index (χ1n) is 7.56. The Morgan fingerprint density at radius 1 is 1.35 bits per heavy atom. The smallest absolute Gasteiger partial charge is 0.303 e. The lowest BCUT2D eigenvalue weighted by molar-refractivity contribution is -0.138. The molecule has 4 nitrogen and oxygen atoms in total. The van der Waals surface area contributed by atoms with Crippen LogP contribution in [0.2, 0.25) is 0 Å². The molecular weight excluding hydrogens is 274 g/mol. The van der Waals surface area contributed by atoms with E-state index in [2.05, 4.69) is 12.2 Å². The second kappa shape index (κ2) is 8.55. The van der Waals surface area contributed by atoms with Crippen LogP contribution in [0.1, 0.15) is 58.8 Å². The fourth-order valence-corrected chi connectivity index (χ4v) is 3.51. The normalized spacial score (nSPS) is 17.5. The van der Waals surface area contributed by atoms with Gasteiger partial charge in [0.05, 0.1) is 12.2 Å². The number of hydrogen-bond donors (Lipinski definition) is 2. The Labute approximate surface area is 126 Å². The summed E-state index contributed by atoms with van der Waals surface area (Å²) in [7, 11) is 0. The lowest BCUT2D eigenvalue weighted by Gasteiger charge is -2.15. The van der Waals surface area contributed by atoms with Gasteiger partial charge in [-0.25, -0.2) is 0 Å². The van der Waals surface area contributed by atoms with Crippen molar-refractivity contribution in [1.29, 1.82) is 0 Å². The minimum atomic E-state index is -0.725. The number of carboxylic acid groups (broad SMARTS) is 1. The van der Waals surface area contributed by atoms with E-state index in [1.165, 1.54) is 12.8 Å². The molecule has 0 aromatic carbocycles. The van der Waals surface area contributed by atoms with Crippen molar-refractivity contribution in [1.82, 2.24) is 5.32 Å². The van der Waals surface area contributed by atoms with Crippen LogP contribution < -0.4 is 5.32 Å². The van der Waals surface area contributed by atoms with Crippen LogP contribution in [0.25, 0.3) is 0 Å². The second-order valence-electron chi connectivity index (χ2n) is 6.03. The number of nitrogens with one attached hydrogen (secondary N) is 1. The quantitative estimate of drug-likeness (QED) is 0.576. The molecule has 1 atom stereocenters. The van der Waals surface area contributed by atoms with Gasteiger partial charge in [-0.15, -0.1) is 0 Å². The summed E-state index contributed by atoms with van der Waals surface area (Å²) < 4.78 is 0. The molecule has 0 heterocycles. The largest absolute Gasteiger partial charge is 0.481 e. The predicted octanol–water partition coefficient (Wildman–Crippen LogP) is 3.06. The van der Waals surface area contributed by atoms with Gasteiger partial charge in [-0.3, -0.25) is 9.59 Å². The molecule has 116 valence electrons. The minimum absolute atomic E-state index is 0.0243. The van der Waals surface area contributed by atoms with E-state index in [9.17, 15) is 9.59 Å². The number of aliphatic carboxylic acids is 1. The van der Waals surface area contributed by atoms with Gasteiger partial charge in [-0.1, -0.05) is 26.2 Å². The van der Waals surface area contributed by atoms with Crippen LogP contribution in [0.5, 0.6) is 0 Å². The SMILES string of the molecule is CCCCCC(C)NC(=O)CSCC1(CC(=O)O)CC1. The summed E-state index contributed by atoms with van der Waals surface area (Å²) in [4.78, 5) is 22.5. The van der Waals surface area contributed by atoms with E-state index in [4.69, 9.17) is 5.11 Å². The van der Waals surface area contributed by atoms with Crippen LogP contribution >= 0.6 is 11.8 Å². The van der Waals surface area contributed by atoms with Crippen molar-refractivity contribution in [2.24, 2.45) is 5.41 Å². The van der Waals surface area contributed by atoms with Gasteiger partial charge in [0, 0.05) is 6.04 Å². The molecule has 0 aromatic heterocycles. The molecule has 0 aliphatic heterocycles. The zero-order chi connectivity index (χ0) is 15.0. The van der Waals surface area contributed by atoms with Gasteiger partial charge in [0.2, 0.25) is 5.91 Å². The number of carbonyl (C=O) groups is 2. The number of rotatable bonds is 11. The molecule has 0 bridgehead atoms. The third-order valence-corrected chi connectivity index (χ3v) is 5.06. The predicted molar refractivity (Wildman–Crippen MR) is 83.0 cm³/mol. The molecule has 0 saturated heterocycles. The summed E-state index contributed by atoms with van der Waals surface area (Å²) in [5, 5.41) is 11.8. The van der Waals surface area contributed by atoms with Gasteiger partial charge in [0.1, 0.15) is 0 Å².